The lowest BCUT2D eigenvalue weighted by Gasteiger charge is -2.12. The van der Waals surface area contributed by atoms with Crippen molar-refractivity contribution in [3.63, 3.8) is 0 Å². The minimum absolute atomic E-state index is 0.00201. The molecule has 1 unspecified atom stereocenters. The summed E-state index contributed by atoms with van der Waals surface area (Å²) < 4.78 is 0.953. The van der Waals surface area contributed by atoms with Crippen molar-refractivity contribution in [1.82, 2.24) is 5.32 Å². The normalized spacial score (nSPS) is 17.1. The Bertz CT molecular complexity index is 613. The molecule has 3 rings (SSSR count). The molecule has 0 aliphatic carbocycles. The number of carbonyl (C=O) groups excluding carboxylic acids is 1. The molecule has 19 heavy (non-hydrogen) atoms. The summed E-state index contributed by atoms with van der Waals surface area (Å²) in [4.78, 5) is 12.0. The molecule has 2 aromatic carbocycles. The first kappa shape index (κ1) is 12.4. The summed E-state index contributed by atoms with van der Waals surface area (Å²) >= 11 is 3.51. The Kier molecular flexibility index (Phi) is 3.36. The molecule has 2 aromatic rings. The van der Waals surface area contributed by atoms with Crippen molar-refractivity contribution < 1.29 is 4.79 Å². The molecule has 0 spiro atoms. The zero-order chi connectivity index (χ0) is 13.2. The summed E-state index contributed by atoms with van der Waals surface area (Å²) in [5.41, 5.74) is 3.03. The minimum atomic E-state index is -0.300. The van der Waals surface area contributed by atoms with Crippen molar-refractivity contribution in [3.8, 4) is 0 Å². The van der Waals surface area contributed by atoms with Gasteiger partial charge in [-0.05, 0) is 17.7 Å². The minimum Gasteiger partial charge on any atom is -0.324 e. The van der Waals surface area contributed by atoms with Crippen LogP contribution in [0.3, 0.4) is 0 Å². The third-order valence-electron chi connectivity index (χ3n) is 3.21. The number of benzene rings is 2. The van der Waals surface area contributed by atoms with E-state index in [9.17, 15) is 4.79 Å². The van der Waals surface area contributed by atoms with Crippen molar-refractivity contribution >= 4 is 27.5 Å². The zero-order valence-corrected chi connectivity index (χ0v) is 11.8. The highest BCUT2D eigenvalue weighted by atomic mass is 79.9. The highest BCUT2D eigenvalue weighted by molar-refractivity contribution is 9.10. The van der Waals surface area contributed by atoms with Crippen LogP contribution in [0, 0.1) is 0 Å². The fourth-order valence-corrected chi connectivity index (χ4v) is 2.88. The Hall–Kier alpha value is -1.65. The number of rotatable bonds is 3. The van der Waals surface area contributed by atoms with E-state index in [0.717, 1.165) is 21.3 Å². The monoisotopic (exact) mass is 316 g/mol. The average Bonchev–Trinajstić information content (AvgIpc) is 2.75. The molecule has 0 saturated carbocycles. The van der Waals surface area contributed by atoms with Gasteiger partial charge in [0.1, 0.15) is 6.04 Å². The maximum atomic E-state index is 12.0. The molecule has 1 amide bonds. The fraction of sp³-hybridized carbons (Fsp3) is 0.133. The van der Waals surface area contributed by atoms with Gasteiger partial charge in [0.25, 0.3) is 0 Å². The van der Waals surface area contributed by atoms with Crippen LogP contribution in [0.15, 0.2) is 53.0 Å². The van der Waals surface area contributed by atoms with Gasteiger partial charge in [0.2, 0.25) is 5.91 Å². The Morgan fingerprint density at radius 1 is 1.11 bits per heavy atom. The number of amides is 1. The van der Waals surface area contributed by atoms with Crippen molar-refractivity contribution in [2.45, 2.75) is 12.6 Å². The molecule has 1 aliphatic rings. The lowest BCUT2D eigenvalue weighted by molar-refractivity contribution is -0.117. The van der Waals surface area contributed by atoms with Crippen LogP contribution < -0.4 is 10.6 Å². The maximum absolute atomic E-state index is 12.0. The molecule has 1 atom stereocenters. The van der Waals surface area contributed by atoms with E-state index in [1.54, 1.807) is 0 Å². The van der Waals surface area contributed by atoms with E-state index < -0.39 is 0 Å². The molecule has 1 aliphatic heterocycles. The lowest BCUT2D eigenvalue weighted by atomic mass is 10.1. The lowest BCUT2D eigenvalue weighted by Crippen LogP contribution is -2.27. The molecule has 96 valence electrons. The summed E-state index contributed by atoms with van der Waals surface area (Å²) in [7, 11) is 0. The predicted octanol–water partition coefficient (Wildman–Crippen LogP) is 3.23. The highest BCUT2D eigenvalue weighted by Crippen LogP contribution is 2.36. The van der Waals surface area contributed by atoms with Gasteiger partial charge in [-0.1, -0.05) is 52.3 Å². The van der Waals surface area contributed by atoms with Gasteiger partial charge in [-0.15, -0.1) is 0 Å². The number of hydrogen-bond acceptors (Lipinski definition) is 2. The Labute approximate surface area is 120 Å². The van der Waals surface area contributed by atoms with Gasteiger partial charge in [0, 0.05) is 22.3 Å². The van der Waals surface area contributed by atoms with E-state index in [1.165, 1.54) is 0 Å². The Balaban J connectivity index is 1.81. The number of hydrogen-bond donors (Lipinski definition) is 2. The average molecular weight is 317 g/mol. The third-order valence-corrected chi connectivity index (χ3v) is 3.91. The maximum Gasteiger partial charge on any atom is 0.246 e. The summed E-state index contributed by atoms with van der Waals surface area (Å²) in [6, 6.07) is 15.6. The SMILES string of the molecule is O=C1Nc2cccc(Br)c2C1NCc1ccccc1. The van der Waals surface area contributed by atoms with Crippen LogP contribution in [0.2, 0.25) is 0 Å². The van der Waals surface area contributed by atoms with Crippen LogP contribution >= 0.6 is 15.9 Å². The second-order valence-corrected chi connectivity index (χ2v) is 5.34. The molecule has 0 aromatic heterocycles. The number of halogens is 1. The van der Waals surface area contributed by atoms with Gasteiger partial charge in [-0.25, -0.2) is 0 Å². The number of carbonyl (C=O) groups is 1. The molecule has 0 saturated heterocycles. The first-order valence-corrected chi connectivity index (χ1v) is 6.91. The molecular weight excluding hydrogens is 304 g/mol. The van der Waals surface area contributed by atoms with E-state index in [0.29, 0.717) is 6.54 Å². The molecule has 0 fully saturated rings. The van der Waals surface area contributed by atoms with Gasteiger partial charge >= 0.3 is 0 Å². The summed E-state index contributed by atoms with van der Waals surface area (Å²) in [5.74, 6) is -0.00201. The van der Waals surface area contributed by atoms with Crippen LogP contribution in [0.25, 0.3) is 0 Å². The highest BCUT2D eigenvalue weighted by Gasteiger charge is 2.31. The number of fused-ring (bicyclic) bond motifs is 1. The van der Waals surface area contributed by atoms with Crippen molar-refractivity contribution in [3.05, 3.63) is 64.1 Å². The second kappa shape index (κ2) is 5.15. The second-order valence-electron chi connectivity index (χ2n) is 4.49. The summed E-state index contributed by atoms with van der Waals surface area (Å²) in [6.07, 6.45) is 0. The van der Waals surface area contributed by atoms with E-state index in [4.69, 9.17) is 0 Å². The predicted molar refractivity (Wildman–Crippen MR) is 78.8 cm³/mol. The van der Waals surface area contributed by atoms with Gasteiger partial charge in [0.15, 0.2) is 0 Å². The molecular formula is C15H13BrN2O. The Morgan fingerprint density at radius 3 is 2.68 bits per heavy atom. The van der Waals surface area contributed by atoms with Crippen LogP contribution in [-0.2, 0) is 11.3 Å². The molecule has 3 nitrogen and oxygen atoms in total. The first-order valence-electron chi connectivity index (χ1n) is 6.12. The summed E-state index contributed by atoms with van der Waals surface area (Å²) in [6.45, 7) is 0.666. The van der Waals surface area contributed by atoms with E-state index in [2.05, 4.69) is 26.6 Å². The first-order chi connectivity index (χ1) is 9.25. The van der Waals surface area contributed by atoms with Crippen molar-refractivity contribution in [1.29, 1.82) is 0 Å². The van der Waals surface area contributed by atoms with Gasteiger partial charge in [0.05, 0.1) is 0 Å². The molecule has 4 heteroatoms. The van der Waals surface area contributed by atoms with Crippen LogP contribution in [0.1, 0.15) is 17.2 Å². The fourth-order valence-electron chi connectivity index (χ4n) is 2.29. The summed E-state index contributed by atoms with van der Waals surface area (Å²) in [5, 5.41) is 6.20. The van der Waals surface area contributed by atoms with Gasteiger partial charge in [-0.3, -0.25) is 10.1 Å². The molecule has 0 bridgehead atoms. The largest absolute Gasteiger partial charge is 0.324 e. The molecule has 2 N–H and O–H groups in total. The van der Waals surface area contributed by atoms with Gasteiger partial charge < -0.3 is 5.32 Å². The quantitative estimate of drug-likeness (QED) is 0.912. The van der Waals surface area contributed by atoms with E-state index in [1.807, 2.05) is 48.5 Å². The number of nitrogens with one attached hydrogen (secondary N) is 2. The van der Waals surface area contributed by atoms with E-state index >= 15 is 0 Å². The van der Waals surface area contributed by atoms with E-state index in [-0.39, 0.29) is 11.9 Å². The topological polar surface area (TPSA) is 41.1 Å². The number of anilines is 1. The zero-order valence-electron chi connectivity index (χ0n) is 10.2. The van der Waals surface area contributed by atoms with Gasteiger partial charge in [-0.2, -0.15) is 0 Å². The van der Waals surface area contributed by atoms with Crippen LogP contribution in [-0.4, -0.2) is 5.91 Å². The van der Waals surface area contributed by atoms with Crippen LogP contribution in [0.5, 0.6) is 0 Å². The molecule has 0 radical (unpaired) electrons. The standard InChI is InChI=1S/C15H13BrN2O/c16-11-7-4-8-12-13(11)14(15(19)18-12)17-9-10-5-2-1-3-6-10/h1-8,14,17H,9H2,(H,18,19). The van der Waals surface area contributed by atoms with Crippen molar-refractivity contribution in [2.24, 2.45) is 0 Å². The smallest absolute Gasteiger partial charge is 0.246 e. The Morgan fingerprint density at radius 2 is 1.89 bits per heavy atom. The molecule has 1 heterocycles. The van der Waals surface area contributed by atoms with Crippen molar-refractivity contribution in [2.75, 3.05) is 5.32 Å². The third kappa shape index (κ3) is 2.41. The van der Waals surface area contributed by atoms with Crippen LogP contribution in [0.4, 0.5) is 5.69 Å².